The molecule has 0 unspecified atom stereocenters. The van der Waals surface area contributed by atoms with Crippen LogP contribution in [0.4, 0.5) is 30.4 Å². The molecule has 3 aromatic carbocycles. The zero-order valence-electron chi connectivity index (χ0n) is 18.7. The van der Waals surface area contributed by atoms with E-state index in [1.165, 1.54) is 12.4 Å². The van der Waals surface area contributed by atoms with E-state index < -0.39 is 17.6 Å². The van der Waals surface area contributed by atoms with E-state index in [9.17, 15) is 18.0 Å². The number of anilines is 3. The molecule has 34 heavy (non-hydrogen) atoms. The van der Waals surface area contributed by atoms with Crippen LogP contribution in [-0.2, 0) is 6.18 Å². The van der Waals surface area contributed by atoms with Crippen LogP contribution < -0.4 is 16.0 Å². The first-order chi connectivity index (χ1) is 16.0. The summed E-state index contributed by atoms with van der Waals surface area (Å²) in [5, 5.41) is 3.33. The van der Waals surface area contributed by atoms with Crippen LogP contribution in [0.3, 0.4) is 0 Å². The molecule has 1 aromatic heterocycles. The van der Waals surface area contributed by atoms with E-state index in [0.717, 1.165) is 28.8 Å². The minimum Gasteiger partial charge on any atom is -0.383 e. The Morgan fingerprint density at radius 3 is 2.47 bits per heavy atom. The number of nitrogen functional groups attached to an aromatic ring is 1. The molecule has 1 amide bonds. The third-order valence-corrected chi connectivity index (χ3v) is 5.53. The van der Waals surface area contributed by atoms with Crippen LogP contribution in [0.25, 0.3) is 22.0 Å². The number of aryl methyl sites for hydroxylation is 1. The van der Waals surface area contributed by atoms with Gasteiger partial charge < -0.3 is 16.0 Å². The van der Waals surface area contributed by atoms with Gasteiger partial charge in [0, 0.05) is 25.0 Å². The van der Waals surface area contributed by atoms with Gasteiger partial charge in [0.2, 0.25) is 0 Å². The Balaban J connectivity index is 1.71. The average molecular weight is 465 g/mol. The minimum absolute atomic E-state index is 0.0718. The summed E-state index contributed by atoms with van der Waals surface area (Å²) >= 11 is 0. The number of amides is 1. The second-order valence-corrected chi connectivity index (χ2v) is 8.10. The van der Waals surface area contributed by atoms with Crippen LogP contribution in [0.15, 0.2) is 60.9 Å². The molecule has 4 aromatic rings. The summed E-state index contributed by atoms with van der Waals surface area (Å²) < 4.78 is 39.7. The fourth-order valence-electron chi connectivity index (χ4n) is 3.72. The number of nitrogens with zero attached hydrogens (tertiary/aromatic N) is 3. The Bertz CT molecular complexity index is 1400. The van der Waals surface area contributed by atoms with E-state index in [1.807, 2.05) is 25.1 Å². The molecule has 0 fully saturated rings. The lowest BCUT2D eigenvalue weighted by atomic mass is 9.96. The number of benzene rings is 3. The van der Waals surface area contributed by atoms with Crippen molar-refractivity contribution in [1.82, 2.24) is 9.97 Å². The molecule has 0 saturated heterocycles. The van der Waals surface area contributed by atoms with Crippen molar-refractivity contribution in [3.63, 3.8) is 0 Å². The Morgan fingerprint density at radius 1 is 1.00 bits per heavy atom. The molecule has 3 N–H and O–H groups in total. The van der Waals surface area contributed by atoms with E-state index in [2.05, 4.69) is 15.3 Å². The first kappa shape index (κ1) is 23.0. The molecule has 0 atom stereocenters. The summed E-state index contributed by atoms with van der Waals surface area (Å²) in [4.78, 5) is 22.9. The maximum atomic E-state index is 13.2. The second-order valence-electron chi connectivity index (χ2n) is 8.10. The number of rotatable bonds is 4. The molecule has 0 aliphatic carbocycles. The van der Waals surface area contributed by atoms with E-state index in [1.54, 1.807) is 37.2 Å². The van der Waals surface area contributed by atoms with E-state index >= 15 is 0 Å². The lowest BCUT2D eigenvalue weighted by Gasteiger charge is -2.20. The summed E-state index contributed by atoms with van der Waals surface area (Å²) in [6.07, 6.45) is -3.13. The second kappa shape index (κ2) is 8.66. The molecular formula is C25H22F3N5O. The number of hydrogen-bond acceptors (Lipinski definition) is 5. The lowest BCUT2D eigenvalue weighted by Crippen LogP contribution is -2.18. The highest BCUT2D eigenvalue weighted by molar-refractivity contribution is 6.07. The number of hydrogen-bond donors (Lipinski definition) is 2. The minimum atomic E-state index is -4.52. The zero-order chi connectivity index (χ0) is 24.6. The fraction of sp³-hybridized carbons (Fsp3) is 0.160. The number of alkyl halides is 3. The number of fused-ring (bicyclic) bond motifs is 1. The Kier molecular flexibility index (Phi) is 5.87. The van der Waals surface area contributed by atoms with Crippen LogP contribution >= 0.6 is 0 Å². The van der Waals surface area contributed by atoms with Crippen molar-refractivity contribution in [2.45, 2.75) is 13.1 Å². The first-order valence-electron chi connectivity index (χ1n) is 10.4. The predicted molar refractivity (Wildman–Crippen MR) is 128 cm³/mol. The van der Waals surface area contributed by atoms with E-state index in [4.69, 9.17) is 5.73 Å². The largest absolute Gasteiger partial charge is 0.416 e. The van der Waals surface area contributed by atoms with Crippen molar-refractivity contribution < 1.29 is 18.0 Å². The van der Waals surface area contributed by atoms with Gasteiger partial charge in [-0.2, -0.15) is 13.2 Å². The number of halogens is 3. The van der Waals surface area contributed by atoms with E-state index in [0.29, 0.717) is 28.0 Å². The summed E-state index contributed by atoms with van der Waals surface area (Å²) in [6.45, 7) is 1.91. The molecule has 0 saturated carbocycles. The highest BCUT2D eigenvalue weighted by Crippen LogP contribution is 2.35. The third kappa shape index (κ3) is 4.50. The van der Waals surface area contributed by atoms with Crippen molar-refractivity contribution in [1.29, 1.82) is 0 Å². The quantitative estimate of drug-likeness (QED) is 0.414. The van der Waals surface area contributed by atoms with Gasteiger partial charge in [-0.15, -0.1) is 0 Å². The molecule has 0 bridgehead atoms. The standard InChI is InChI=1S/C25H22F3N5O/c1-14-4-5-16(11-18(14)15-6-8-20-19(10-15)23(29)31-13-30-20)24(34)32-21-12-17(25(26,27)28)7-9-22(21)33(2)3/h4-13H,1-3H3,(H,32,34)(H2,29,30,31). The normalized spacial score (nSPS) is 11.5. The van der Waals surface area contributed by atoms with Crippen LogP contribution in [0.5, 0.6) is 0 Å². The number of nitrogens with two attached hydrogens (primary N) is 1. The third-order valence-electron chi connectivity index (χ3n) is 5.53. The SMILES string of the molecule is Cc1ccc(C(=O)Nc2cc(C(F)(F)F)ccc2N(C)C)cc1-c1ccc2ncnc(N)c2c1. The highest BCUT2D eigenvalue weighted by atomic mass is 19.4. The predicted octanol–water partition coefficient (Wildman–Crippen LogP) is 5.52. The molecule has 1 heterocycles. The molecule has 0 aliphatic heterocycles. The zero-order valence-corrected chi connectivity index (χ0v) is 18.7. The lowest BCUT2D eigenvalue weighted by molar-refractivity contribution is -0.137. The number of carbonyl (C=O) groups is 1. The van der Waals surface area contributed by atoms with Crippen LogP contribution in [0.1, 0.15) is 21.5 Å². The summed E-state index contributed by atoms with van der Waals surface area (Å²) in [7, 11) is 3.38. The van der Waals surface area contributed by atoms with Gasteiger partial charge in [-0.25, -0.2) is 9.97 Å². The van der Waals surface area contributed by atoms with Crippen molar-refractivity contribution in [3.05, 3.63) is 77.6 Å². The number of aromatic nitrogens is 2. The highest BCUT2D eigenvalue weighted by Gasteiger charge is 2.31. The maximum Gasteiger partial charge on any atom is 0.416 e. The molecule has 6 nitrogen and oxygen atoms in total. The van der Waals surface area contributed by atoms with Crippen molar-refractivity contribution in [2.75, 3.05) is 30.0 Å². The van der Waals surface area contributed by atoms with Gasteiger partial charge in [-0.05, 0) is 66.1 Å². The summed E-state index contributed by atoms with van der Waals surface area (Å²) in [5.74, 6) is -0.175. The van der Waals surface area contributed by atoms with Gasteiger partial charge in [-0.3, -0.25) is 4.79 Å². The molecular weight excluding hydrogens is 443 g/mol. The molecule has 174 valence electrons. The van der Waals surface area contributed by atoms with Crippen LogP contribution in [0, 0.1) is 6.92 Å². The average Bonchev–Trinajstić information content (AvgIpc) is 2.78. The van der Waals surface area contributed by atoms with Crippen LogP contribution in [-0.4, -0.2) is 30.0 Å². The molecule has 0 spiro atoms. The number of carbonyl (C=O) groups excluding carboxylic acids is 1. The van der Waals surface area contributed by atoms with Gasteiger partial charge >= 0.3 is 6.18 Å². The Labute approximate surface area is 194 Å². The summed E-state index contributed by atoms with van der Waals surface area (Å²) in [6, 6.07) is 13.9. The monoisotopic (exact) mass is 465 g/mol. The molecule has 4 rings (SSSR count). The van der Waals surface area contributed by atoms with Gasteiger partial charge in [0.1, 0.15) is 12.1 Å². The van der Waals surface area contributed by atoms with Crippen molar-refractivity contribution in [3.8, 4) is 11.1 Å². The molecule has 0 radical (unpaired) electrons. The number of nitrogens with one attached hydrogen (secondary N) is 1. The molecule has 9 heteroatoms. The smallest absolute Gasteiger partial charge is 0.383 e. The van der Waals surface area contributed by atoms with Gasteiger partial charge in [0.05, 0.1) is 22.5 Å². The summed E-state index contributed by atoms with van der Waals surface area (Å²) in [5.41, 5.74) is 9.20. The topological polar surface area (TPSA) is 84.1 Å². The maximum absolute atomic E-state index is 13.2. The molecule has 0 aliphatic rings. The van der Waals surface area contributed by atoms with Gasteiger partial charge in [0.25, 0.3) is 5.91 Å². The Morgan fingerprint density at radius 2 is 1.76 bits per heavy atom. The first-order valence-corrected chi connectivity index (χ1v) is 10.4. The van der Waals surface area contributed by atoms with Crippen molar-refractivity contribution >= 4 is 34.0 Å². The van der Waals surface area contributed by atoms with Crippen molar-refractivity contribution in [2.24, 2.45) is 0 Å². The van der Waals surface area contributed by atoms with Gasteiger partial charge in [-0.1, -0.05) is 12.1 Å². The van der Waals surface area contributed by atoms with E-state index in [-0.39, 0.29) is 5.69 Å². The Hall–Kier alpha value is -4.14. The van der Waals surface area contributed by atoms with Crippen LogP contribution in [0.2, 0.25) is 0 Å². The van der Waals surface area contributed by atoms with Gasteiger partial charge in [0.15, 0.2) is 0 Å². The fourth-order valence-corrected chi connectivity index (χ4v) is 3.72.